The molecule has 0 spiro atoms. The summed E-state index contributed by atoms with van der Waals surface area (Å²) in [5.41, 5.74) is 0.964. The molecule has 6 heteroatoms. The molecule has 4 nitrogen and oxygen atoms in total. The van der Waals surface area contributed by atoms with E-state index in [2.05, 4.69) is 0 Å². The minimum Gasteiger partial charge on any atom is -0.307 e. The van der Waals surface area contributed by atoms with Crippen molar-refractivity contribution in [1.29, 1.82) is 0 Å². The molecule has 0 saturated carbocycles. The monoisotopic (exact) mass is 333 g/mol. The Labute approximate surface area is 134 Å². The van der Waals surface area contributed by atoms with Gasteiger partial charge in [0.2, 0.25) is 5.91 Å². The molecule has 0 fully saturated rings. The van der Waals surface area contributed by atoms with Gasteiger partial charge in [-0.05, 0) is 36.8 Å². The summed E-state index contributed by atoms with van der Waals surface area (Å²) < 4.78 is 38.5. The number of anilines is 1. The van der Waals surface area contributed by atoms with E-state index in [0.29, 0.717) is 11.3 Å². The van der Waals surface area contributed by atoms with E-state index in [9.17, 15) is 17.6 Å². The fraction of sp³-hybridized carbons (Fsp3) is 0.235. The van der Waals surface area contributed by atoms with Gasteiger partial charge in [0.05, 0.1) is 22.4 Å². The van der Waals surface area contributed by atoms with Gasteiger partial charge in [-0.3, -0.25) is 4.79 Å². The van der Waals surface area contributed by atoms with Crippen LogP contribution in [0.25, 0.3) is 0 Å². The third-order valence-corrected chi connectivity index (χ3v) is 6.17. The van der Waals surface area contributed by atoms with Crippen LogP contribution < -0.4 is 4.90 Å². The first-order valence-corrected chi connectivity index (χ1v) is 8.82. The second-order valence-electron chi connectivity index (χ2n) is 5.64. The van der Waals surface area contributed by atoms with Crippen LogP contribution in [-0.2, 0) is 21.2 Å². The minimum absolute atomic E-state index is 0.0909. The highest BCUT2D eigenvalue weighted by atomic mass is 32.2. The summed E-state index contributed by atoms with van der Waals surface area (Å²) in [6.45, 7) is 1.67. The second-order valence-corrected chi connectivity index (χ2v) is 7.97. The van der Waals surface area contributed by atoms with E-state index in [-0.39, 0.29) is 29.6 Å². The van der Waals surface area contributed by atoms with Gasteiger partial charge in [0.15, 0.2) is 9.84 Å². The van der Waals surface area contributed by atoms with Crippen LogP contribution in [0.3, 0.4) is 0 Å². The van der Waals surface area contributed by atoms with Crippen LogP contribution in [0.15, 0.2) is 53.4 Å². The number of para-hydroxylation sites is 1. The molecular weight excluding hydrogens is 317 g/mol. The molecule has 2 aromatic carbocycles. The molecule has 1 aliphatic rings. The van der Waals surface area contributed by atoms with Crippen molar-refractivity contribution < 1.29 is 17.6 Å². The third-order valence-electron chi connectivity index (χ3n) is 3.99. The number of halogens is 1. The SMILES string of the molecule is CC1CC(=O)N(Cc2cccc(F)c2)c2ccccc2S1(=O)=O. The zero-order chi connectivity index (χ0) is 16.6. The molecule has 0 aliphatic carbocycles. The highest BCUT2D eigenvalue weighted by molar-refractivity contribution is 7.92. The summed E-state index contributed by atoms with van der Waals surface area (Å²) in [6, 6.07) is 12.4. The Hall–Kier alpha value is -2.21. The van der Waals surface area contributed by atoms with Crippen molar-refractivity contribution in [2.24, 2.45) is 0 Å². The molecule has 1 atom stereocenters. The van der Waals surface area contributed by atoms with Gasteiger partial charge in [0.25, 0.3) is 0 Å². The van der Waals surface area contributed by atoms with Crippen LogP contribution in [0.4, 0.5) is 10.1 Å². The third kappa shape index (κ3) is 2.86. The molecule has 0 aromatic heterocycles. The number of carbonyl (C=O) groups is 1. The van der Waals surface area contributed by atoms with Gasteiger partial charge in [-0.2, -0.15) is 0 Å². The minimum atomic E-state index is -3.56. The summed E-state index contributed by atoms with van der Waals surface area (Å²) in [5, 5.41) is -0.784. The average molecular weight is 333 g/mol. The molecule has 1 aliphatic heterocycles. The Morgan fingerprint density at radius 1 is 1.17 bits per heavy atom. The van der Waals surface area contributed by atoms with Crippen LogP contribution in [0.1, 0.15) is 18.9 Å². The largest absolute Gasteiger partial charge is 0.307 e. The van der Waals surface area contributed by atoms with E-state index in [4.69, 9.17) is 0 Å². The maximum Gasteiger partial charge on any atom is 0.228 e. The van der Waals surface area contributed by atoms with E-state index in [1.54, 1.807) is 30.3 Å². The Morgan fingerprint density at radius 3 is 2.65 bits per heavy atom. The normalized spacial score (nSPS) is 20.0. The van der Waals surface area contributed by atoms with Gasteiger partial charge < -0.3 is 4.90 Å². The van der Waals surface area contributed by atoms with Crippen LogP contribution >= 0.6 is 0 Å². The Balaban J connectivity index is 2.10. The molecule has 23 heavy (non-hydrogen) atoms. The Bertz CT molecular complexity index is 864. The molecule has 3 rings (SSSR count). The summed E-state index contributed by atoms with van der Waals surface area (Å²) in [5.74, 6) is -0.672. The van der Waals surface area contributed by atoms with Gasteiger partial charge >= 0.3 is 0 Å². The Morgan fingerprint density at radius 2 is 1.91 bits per heavy atom. The molecule has 1 amide bonds. The van der Waals surface area contributed by atoms with Crippen molar-refractivity contribution >= 4 is 21.4 Å². The van der Waals surface area contributed by atoms with E-state index in [1.165, 1.54) is 30.0 Å². The maximum atomic E-state index is 13.4. The average Bonchev–Trinajstić information content (AvgIpc) is 2.58. The lowest BCUT2D eigenvalue weighted by Gasteiger charge is -2.22. The second kappa shape index (κ2) is 5.77. The van der Waals surface area contributed by atoms with Gasteiger partial charge in [0.1, 0.15) is 5.82 Å². The van der Waals surface area contributed by atoms with Crippen molar-refractivity contribution in [1.82, 2.24) is 0 Å². The van der Waals surface area contributed by atoms with Crippen molar-refractivity contribution in [3.8, 4) is 0 Å². The van der Waals surface area contributed by atoms with Gasteiger partial charge in [-0.15, -0.1) is 0 Å². The van der Waals surface area contributed by atoms with Gasteiger partial charge in [0, 0.05) is 6.42 Å². The first-order chi connectivity index (χ1) is 10.9. The van der Waals surface area contributed by atoms with E-state index >= 15 is 0 Å². The molecule has 0 N–H and O–H groups in total. The van der Waals surface area contributed by atoms with E-state index < -0.39 is 15.1 Å². The fourth-order valence-electron chi connectivity index (χ4n) is 2.73. The van der Waals surface area contributed by atoms with Crippen molar-refractivity contribution in [3.63, 3.8) is 0 Å². The maximum absolute atomic E-state index is 13.4. The van der Waals surface area contributed by atoms with Crippen LogP contribution in [0.2, 0.25) is 0 Å². The van der Waals surface area contributed by atoms with Crippen LogP contribution in [0.5, 0.6) is 0 Å². The highest BCUT2D eigenvalue weighted by Crippen LogP contribution is 2.34. The predicted molar refractivity (Wildman–Crippen MR) is 85.3 cm³/mol. The number of amides is 1. The van der Waals surface area contributed by atoms with Crippen molar-refractivity contribution in [2.45, 2.75) is 30.0 Å². The summed E-state index contributed by atoms with van der Waals surface area (Å²) >= 11 is 0. The molecule has 0 saturated heterocycles. The number of fused-ring (bicyclic) bond motifs is 1. The standard InChI is InChI=1S/C17H16FNO3S/c1-12-9-17(20)19(11-13-5-4-6-14(18)10-13)15-7-2-3-8-16(15)23(12,21)22/h2-8,10,12H,9,11H2,1H3. The smallest absolute Gasteiger partial charge is 0.228 e. The molecule has 1 heterocycles. The number of benzene rings is 2. The van der Waals surface area contributed by atoms with Crippen LogP contribution in [0, 0.1) is 5.82 Å². The fourth-order valence-corrected chi connectivity index (χ4v) is 4.26. The lowest BCUT2D eigenvalue weighted by Crippen LogP contribution is -2.31. The molecule has 1 unspecified atom stereocenters. The Kier molecular flexibility index (Phi) is 3.93. The first-order valence-electron chi connectivity index (χ1n) is 7.27. The number of sulfone groups is 1. The summed E-state index contributed by atoms with van der Waals surface area (Å²) in [4.78, 5) is 14.1. The topological polar surface area (TPSA) is 54.5 Å². The van der Waals surface area contributed by atoms with E-state index in [0.717, 1.165) is 0 Å². The zero-order valence-corrected chi connectivity index (χ0v) is 13.4. The lowest BCUT2D eigenvalue weighted by atomic mass is 10.1. The van der Waals surface area contributed by atoms with Gasteiger partial charge in [-0.25, -0.2) is 12.8 Å². The van der Waals surface area contributed by atoms with Gasteiger partial charge in [-0.1, -0.05) is 24.3 Å². The van der Waals surface area contributed by atoms with Crippen molar-refractivity contribution in [3.05, 3.63) is 59.9 Å². The van der Waals surface area contributed by atoms with Crippen molar-refractivity contribution in [2.75, 3.05) is 4.90 Å². The molecular formula is C17H16FNO3S. The quantitative estimate of drug-likeness (QED) is 0.849. The predicted octanol–water partition coefficient (Wildman–Crippen LogP) is 2.92. The summed E-state index contributed by atoms with van der Waals surface area (Å²) in [7, 11) is -3.56. The molecule has 0 bridgehead atoms. The van der Waals surface area contributed by atoms with E-state index in [1.807, 2.05) is 0 Å². The molecule has 0 radical (unpaired) electrons. The number of hydrogen-bond acceptors (Lipinski definition) is 3. The molecule has 2 aromatic rings. The number of hydrogen-bond donors (Lipinski definition) is 0. The van der Waals surface area contributed by atoms with Crippen LogP contribution in [-0.4, -0.2) is 19.6 Å². The number of carbonyl (C=O) groups excluding carboxylic acids is 1. The first kappa shape index (κ1) is 15.7. The molecule has 120 valence electrons. The number of nitrogens with zero attached hydrogens (tertiary/aromatic N) is 1. The lowest BCUT2D eigenvalue weighted by molar-refractivity contribution is -0.118. The number of rotatable bonds is 2. The zero-order valence-electron chi connectivity index (χ0n) is 12.6. The summed E-state index contributed by atoms with van der Waals surface area (Å²) in [6.07, 6.45) is -0.0909. The highest BCUT2D eigenvalue weighted by Gasteiger charge is 2.35.